The van der Waals surface area contributed by atoms with Crippen LogP contribution in [0.2, 0.25) is 0 Å². The maximum Gasteiger partial charge on any atom is 0.232 e. The molecule has 4 rings (SSSR count). The molecule has 28 heavy (non-hydrogen) atoms. The van der Waals surface area contributed by atoms with Gasteiger partial charge in [-0.2, -0.15) is 4.98 Å². The van der Waals surface area contributed by atoms with Crippen LogP contribution in [0.3, 0.4) is 0 Å². The van der Waals surface area contributed by atoms with E-state index in [1.54, 1.807) is 17.0 Å². The Hall–Kier alpha value is -3.22. The number of aryl methyl sites for hydroxylation is 1. The van der Waals surface area contributed by atoms with Gasteiger partial charge in [0.1, 0.15) is 11.6 Å². The molecule has 1 aliphatic heterocycles. The lowest BCUT2D eigenvalue weighted by Gasteiger charge is -2.19. The van der Waals surface area contributed by atoms with Gasteiger partial charge >= 0.3 is 0 Å². The van der Waals surface area contributed by atoms with Crippen LogP contribution >= 0.6 is 0 Å². The first kappa shape index (κ1) is 18.2. The molecule has 6 nitrogen and oxygen atoms in total. The SMILES string of the molecule is CCc1ccccc1N1CC(c2nc(COc3cccc(F)c3)no2)CC1=O. The number of amides is 1. The molecule has 1 aromatic heterocycles. The molecule has 2 aromatic carbocycles. The average molecular weight is 381 g/mol. The largest absolute Gasteiger partial charge is 0.485 e. The Kier molecular flexibility index (Phi) is 5.06. The van der Waals surface area contributed by atoms with Crippen molar-refractivity contribution in [1.82, 2.24) is 10.1 Å². The van der Waals surface area contributed by atoms with E-state index in [2.05, 4.69) is 17.1 Å². The van der Waals surface area contributed by atoms with E-state index >= 15 is 0 Å². The topological polar surface area (TPSA) is 68.5 Å². The summed E-state index contributed by atoms with van der Waals surface area (Å²) in [6, 6.07) is 13.8. The number of rotatable bonds is 6. The van der Waals surface area contributed by atoms with E-state index in [1.807, 2.05) is 24.3 Å². The maximum absolute atomic E-state index is 13.2. The highest BCUT2D eigenvalue weighted by atomic mass is 19.1. The third-order valence-electron chi connectivity index (χ3n) is 4.79. The van der Waals surface area contributed by atoms with Gasteiger partial charge in [0.05, 0.1) is 5.92 Å². The summed E-state index contributed by atoms with van der Waals surface area (Å²) >= 11 is 0. The minimum Gasteiger partial charge on any atom is -0.485 e. The summed E-state index contributed by atoms with van der Waals surface area (Å²) in [5.74, 6) is 0.684. The summed E-state index contributed by atoms with van der Waals surface area (Å²) < 4.78 is 24.0. The van der Waals surface area contributed by atoms with Gasteiger partial charge in [0.2, 0.25) is 17.6 Å². The minimum absolute atomic E-state index is 0.0432. The van der Waals surface area contributed by atoms with Crippen LogP contribution in [0.25, 0.3) is 0 Å². The highest BCUT2D eigenvalue weighted by Crippen LogP contribution is 2.33. The lowest BCUT2D eigenvalue weighted by molar-refractivity contribution is -0.117. The second kappa shape index (κ2) is 7.80. The molecule has 0 spiro atoms. The Bertz CT molecular complexity index is 988. The number of hydrogen-bond donors (Lipinski definition) is 0. The summed E-state index contributed by atoms with van der Waals surface area (Å²) in [5, 5.41) is 3.92. The summed E-state index contributed by atoms with van der Waals surface area (Å²) in [4.78, 5) is 18.7. The number of anilines is 1. The van der Waals surface area contributed by atoms with Gasteiger partial charge in [-0.1, -0.05) is 36.3 Å². The molecule has 1 unspecified atom stereocenters. The summed E-state index contributed by atoms with van der Waals surface area (Å²) in [6.07, 6.45) is 1.18. The first-order chi connectivity index (χ1) is 13.6. The number of benzene rings is 2. The standard InChI is InChI=1S/C21H20FN3O3/c1-2-14-6-3-4-9-18(14)25-12-15(10-20(25)26)21-23-19(24-28-21)13-27-17-8-5-7-16(22)11-17/h3-9,11,15H,2,10,12-13H2,1H3. The molecule has 0 saturated carbocycles. The van der Waals surface area contributed by atoms with E-state index < -0.39 is 0 Å². The van der Waals surface area contributed by atoms with Crippen LogP contribution in [0.4, 0.5) is 10.1 Å². The molecule has 144 valence electrons. The van der Waals surface area contributed by atoms with E-state index in [0.717, 1.165) is 17.7 Å². The van der Waals surface area contributed by atoms with Crippen LogP contribution in [-0.4, -0.2) is 22.6 Å². The molecule has 1 atom stereocenters. The van der Waals surface area contributed by atoms with E-state index in [1.165, 1.54) is 12.1 Å². The third-order valence-corrected chi connectivity index (χ3v) is 4.79. The van der Waals surface area contributed by atoms with E-state index in [9.17, 15) is 9.18 Å². The second-order valence-electron chi connectivity index (χ2n) is 6.68. The van der Waals surface area contributed by atoms with Gasteiger partial charge in [-0.05, 0) is 30.2 Å². The first-order valence-corrected chi connectivity index (χ1v) is 9.23. The van der Waals surface area contributed by atoms with Crippen LogP contribution < -0.4 is 9.64 Å². The predicted molar refractivity (Wildman–Crippen MR) is 101 cm³/mol. The van der Waals surface area contributed by atoms with Gasteiger partial charge in [-0.25, -0.2) is 4.39 Å². The molecular formula is C21H20FN3O3. The smallest absolute Gasteiger partial charge is 0.232 e. The number of nitrogens with zero attached hydrogens (tertiary/aromatic N) is 3. The molecule has 0 aliphatic carbocycles. The van der Waals surface area contributed by atoms with E-state index in [4.69, 9.17) is 9.26 Å². The zero-order valence-electron chi connectivity index (χ0n) is 15.5. The molecule has 1 amide bonds. The van der Waals surface area contributed by atoms with Crippen LogP contribution in [-0.2, 0) is 17.8 Å². The predicted octanol–water partition coefficient (Wildman–Crippen LogP) is 3.87. The quantitative estimate of drug-likeness (QED) is 0.648. The monoisotopic (exact) mass is 381 g/mol. The Labute approximate surface area is 161 Å². The van der Waals surface area contributed by atoms with Crippen molar-refractivity contribution in [1.29, 1.82) is 0 Å². The highest BCUT2D eigenvalue weighted by molar-refractivity contribution is 5.97. The summed E-state index contributed by atoms with van der Waals surface area (Å²) in [6.45, 7) is 2.64. The number of aromatic nitrogens is 2. The maximum atomic E-state index is 13.2. The number of hydrogen-bond acceptors (Lipinski definition) is 5. The Morgan fingerprint density at radius 2 is 2.11 bits per heavy atom. The van der Waals surface area contributed by atoms with Gasteiger partial charge in [-0.15, -0.1) is 0 Å². The van der Waals surface area contributed by atoms with Crippen molar-refractivity contribution in [3.05, 3.63) is 71.6 Å². The molecule has 0 N–H and O–H groups in total. The first-order valence-electron chi connectivity index (χ1n) is 9.23. The normalized spacial score (nSPS) is 16.6. The van der Waals surface area contributed by atoms with Crippen molar-refractivity contribution in [2.45, 2.75) is 32.3 Å². The zero-order valence-corrected chi connectivity index (χ0v) is 15.5. The van der Waals surface area contributed by atoms with Crippen molar-refractivity contribution in [3.63, 3.8) is 0 Å². The highest BCUT2D eigenvalue weighted by Gasteiger charge is 2.35. The van der Waals surface area contributed by atoms with Crippen LogP contribution in [0.15, 0.2) is 53.1 Å². The Balaban J connectivity index is 1.44. The Morgan fingerprint density at radius 1 is 1.25 bits per heavy atom. The average Bonchev–Trinajstić information content (AvgIpc) is 3.33. The number of carbonyl (C=O) groups excluding carboxylic acids is 1. The second-order valence-corrected chi connectivity index (χ2v) is 6.68. The zero-order chi connectivity index (χ0) is 19.5. The lowest BCUT2D eigenvalue weighted by Crippen LogP contribution is -2.25. The van der Waals surface area contributed by atoms with E-state index in [-0.39, 0.29) is 24.2 Å². The molecular weight excluding hydrogens is 361 g/mol. The number of ether oxygens (including phenoxy) is 1. The van der Waals surface area contributed by atoms with Crippen molar-refractivity contribution in [2.75, 3.05) is 11.4 Å². The molecule has 2 heterocycles. The minimum atomic E-state index is -0.372. The van der Waals surface area contributed by atoms with Gasteiger partial charge in [0, 0.05) is 24.7 Å². The van der Waals surface area contributed by atoms with Crippen molar-refractivity contribution in [2.24, 2.45) is 0 Å². The fourth-order valence-corrected chi connectivity index (χ4v) is 3.38. The molecule has 7 heteroatoms. The van der Waals surface area contributed by atoms with Gasteiger partial charge < -0.3 is 14.2 Å². The Morgan fingerprint density at radius 3 is 2.93 bits per heavy atom. The molecule has 1 saturated heterocycles. The third kappa shape index (κ3) is 3.74. The van der Waals surface area contributed by atoms with Gasteiger partial charge in [0.25, 0.3) is 0 Å². The van der Waals surface area contributed by atoms with Crippen LogP contribution in [0, 0.1) is 5.82 Å². The summed E-state index contributed by atoms with van der Waals surface area (Å²) in [7, 11) is 0. The fraction of sp³-hybridized carbons (Fsp3) is 0.286. The van der Waals surface area contributed by atoms with Crippen molar-refractivity contribution < 1.29 is 18.4 Å². The molecule has 1 aliphatic rings. The van der Waals surface area contributed by atoms with Crippen LogP contribution in [0.5, 0.6) is 5.75 Å². The fourth-order valence-electron chi connectivity index (χ4n) is 3.38. The van der Waals surface area contributed by atoms with Crippen molar-refractivity contribution >= 4 is 11.6 Å². The molecule has 1 fully saturated rings. The van der Waals surface area contributed by atoms with Gasteiger partial charge in [0.15, 0.2) is 6.61 Å². The lowest BCUT2D eigenvalue weighted by atomic mass is 10.1. The van der Waals surface area contributed by atoms with E-state index in [0.29, 0.717) is 30.4 Å². The number of para-hydroxylation sites is 1. The van der Waals surface area contributed by atoms with Crippen LogP contribution in [0.1, 0.15) is 36.5 Å². The number of carbonyl (C=O) groups is 1. The molecule has 0 radical (unpaired) electrons. The van der Waals surface area contributed by atoms with Crippen molar-refractivity contribution in [3.8, 4) is 5.75 Å². The molecule has 0 bridgehead atoms. The van der Waals surface area contributed by atoms with Gasteiger partial charge in [-0.3, -0.25) is 4.79 Å². The molecule has 3 aromatic rings. The summed E-state index contributed by atoms with van der Waals surface area (Å²) in [5.41, 5.74) is 2.07. The number of halogens is 1.